The molecule has 1 heterocycles. The average Bonchev–Trinajstić information content (AvgIpc) is 2.73. The van der Waals surface area contributed by atoms with Crippen molar-refractivity contribution in [1.29, 1.82) is 0 Å². The van der Waals surface area contributed by atoms with Crippen molar-refractivity contribution in [1.82, 2.24) is 0 Å². The van der Waals surface area contributed by atoms with Crippen LogP contribution in [0.25, 0.3) is 0 Å². The summed E-state index contributed by atoms with van der Waals surface area (Å²) in [6, 6.07) is 0. The summed E-state index contributed by atoms with van der Waals surface area (Å²) in [5.41, 5.74) is 1.58. The van der Waals surface area contributed by atoms with Gasteiger partial charge in [-0.05, 0) is 25.7 Å². The molecule has 12 heteroatoms. The number of carbonyl (C=O) groups is 5. The molecule has 39 heavy (non-hydrogen) atoms. The molecule has 2 fully saturated rings. The van der Waals surface area contributed by atoms with Crippen LogP contribution in [0.4, 0.5) is 0 Å². The van der Waals surface area contributed by atoms with E-state index in [2.05, 4.69) is 5.73 Å². The molecule has 1 aliphatic carbocycles. The Morgan fingerprint density at radius 2 is 1.41 bits per heavy atom. The molecule has 0 amide bonds. The molecule has 218 valence electrons. The van der Waals surface area contributed by atoms with E-state index in [1.54, 1.807) is 6.92 Å². The molecule has 2 rings (SSSR count). The number of ether oxygens (including phenoxy) is 6. The predicted molar refractivity (Wildman–Crippen MR) is 133 cm³/mol. The van der Waals surface area contributed by atoms with Gasteiger partial charge in [-0.3, -0.25) is 24.0 Å². The van der Waals surface area contributed by atoms with Crippen molar-refractivity contribution in [3.8, 4) is 0 Å². The van der Waals surface area contributed by atoms with Gasteiger partial charge in [0, 0.05) is 45.8 Å². The number of rotatable bonds is 8. The van der Waals surface area contributed by atoms with Gasteiger partial charge in [0.05, 0.1) is 11.7 Å². The molecule has 1 aliphatic heterocycles. The molecule has 12 nitrogen and oxygen atoms in total. The zero-order valence-electron chi connectivity index (χ0n) is 23.6. The van der Waals surface area contributed by atoms with Crippen LogP contribution in [0.5, 0.6) is 0 Å². The summed E-state index contributed by atoms with van der Waals surface area (Å²) in [5.74, 6) is -3.19. The molecule has 0 bridgehead atoms. The van der Waals surface area contributed by atoms with Gasteiger partial charge in [-0.25, -0.2) is 0 Å². The van der Waals surface area contributed by atoms with E-state index in [-0.39, 0.29) is 12.2 Å². The molecule has 1 N–H and O–H groups in total. The number of hydrogen-bond donors (Lipinski definition) is 1. The fourth-order valence-corrected chi connectivity index (χ4v) is 5.20. The molecule has 1 saturated heterocycles. The zero-order chi connectivity index (χ0) is 29.7. The lowest BCUT2D eigenvalue weighted by Crippen LogP contribution is -2.64. The van der Waals surface area contributed by atoms with Crippen molar-refractivity contribution in [2.24, 2.45) is 5.41 Å². The van der Waals surface area contributed by atoms with E-state index in [0.29, 0.717) is 12.0 Å². The highest BCUT2D eigenvalue weighted by Gasteiger charge is 2.56. The quantitative estimate of drug-likeness (QED) is 0.200. The van der Waals surface area contributed by atoms with Crippen LogP contribution in [0.3, 0.4) is 0 Å². The minimum Gasteiger partial charge on any atom is -0.463 e. The summed E-state index contributed by atoms with van der Waals surface area (Å²) in [5, 5.41) is 10.7. The van der Waals surface area contributed by atoms with Crippen LogP contribution >= 0.6 is 0 Å². The average molecular weight is 555 g/mol. The van der Waals surface area contributed by atoms with Crippen LogP contribution in [0, 0.1) is 5.41 Å². The summed E-state index contributed by atoms with van der Waals surface area (Å²) in [6.07, 6.45) is -5.92. The molecule has 7 unspecified atom stereocenters. The first-order valence-electron chi connectivity index (χ1n) is 12.6. The lowest BCUT2D eigenvalue weighted by Gasteiger charge is -2.50. The lowest BCUT2D eigenvalue weighted by atomic mass is 9.65. The monoisotopic (exact) mass is 554 g/mol. The number of aliphatic hydroxyl groups is 1. The second-order valence-corrected chi connectivity index (χ2v) is 10.6. The first-order chi connectivity index (χ1) is 17.9. The van der Waals surface area contributed by atoms with Crippen LogP contribution in [0.1, 0.15) is 68.2 Å². The highest BCUT2D eigenvalue weighted by atomic mass is 16.7. The number of aliphatic hydroxyl groups excluding tert-OH is 1. The van der Waals surface area contributed by atoms with Crippen LogP contribution < -0.4 is 0 Å². The molecule has 1 saturated carbocycles. The molecule has 0 aromatic carbocycles. The topological polar surface area (TPSA) is 161 Å². The fraction of sp³-hybridized carbons (Fsp3) is 0.704. The van der Waals surface area contributed by atoms with E-state index in [0.717, 1.165) is 20.8 Å². The van der Waals surface area contributed by atoms with Gasteiger partial charge in [-0.1, -0.05) is 13.8 Å². The Kier molecular flexibility index (Phi) is 10.6. The van der Waals surface area contributed by atoms with E-state index in [4.69, 9.17) is 28.4 Å². The van der Waals surface area contributed by atoms with Gasteiger partial charge in [0.25, 0.3) is 0 Å². The number of hydrogen-bond acceptors (Lipinski definition) is 12. The molecule has 0 spiro atoms. The summed E-state index contributed by atoms with van der Waals surface area (Å²) in [6.45, 7) is 10.9. The number of esters is 4. The van der Waals surface area contributed by atoms with Crippen molar-refractivity contribution >= 4 is 29.7 Å². The maximum Gasteiger partial charge on any atom is 0.303 e. The maximum absolute atomic E-state index is 12.1. The van der Waals surface area contributed by atoms with E-state index < -0.39 is 78.3 Å². The number of carbonyl (C=O) groups excluding carboxylic acids is 5. The van der Waals surface area contributed by atoms with Gasteiger partial charge in [-0.2, -0.15) is 0 Å². The largest absolute Gasteiger partial charge is 0.463 e. The molecular weight excluding hydrogens is 516 g/mol. The Bertz CT molecular complexity index is 1040. The van der Waals surface area contributed by atoms with Gasteiger partial charge < -0.3 is 33.5 Å². The summed E-state index contributed by atoms with van der Waals surface area (Å²) < 4.78 is 33.9. The normalized spacial score (nSPS) is 31.8. The van der Waals surface area contributed by atoms with E-state index in [1.165, 1.54) is 19.9 Å². The standard InChI is InChI=1S/C27H38O12/c1-14(28)9-10-21-26(6,7)11-19(33)12-27(21,8)39-25-24(37-18(5)32)23(36-17(4)31)22(35-16(3)30)20(38-25)13-34-15(2)29/h9,19-20,22-25,33H,11-13H2,1-8H3. The van der Waals surface area contributed by atoms with Gasteiger partial charge in [-0.15, -0.1) is 5.73 Å². The Morgan fingerprint density at radius 1 is 0.872 bits per heavy atom. The van der Waals surface area contributed by atoms with Gasteiger partial charge in [0.15, 0.2) is 30.4 Å². The third-order valence-electron chi connectivity index (χ3n) is 6.32. The van der Waals surface area contributed by atoms with Crippen molar-refractivity contribution < 1.29 is 57.5 Å². The molecular formula is C27H38O12. The summed E-state index contributed by atoms with van der Waals surface area (Å²) in [7, 11) is 0. The minimum absolute atomic E-state index is 0.0668. The van der Waals surface area contributed by atoms with Crippen LogP contribution in [-0.2, 0) is 52.4 Å². The predicted octanol–water partition coefficient (Wildman–Crippen LogP) is 1.70. The van der Waals surface area contributed by atoms with Gasteiger partial charge >= 0.3 is 23.9 Å². The van der Waals surface area contributed by atoms with E-state index in [9.17, 15) is 29.1 Å². The minimum atomic E-state index is -1.45. The maximum atomic E-state index is 12.1. The van der Waals surface area contributed by atoms with E-state index >= 15 is 0 Å². The Labute approximate surface area is 227 Å². The van der Waals surface area contributed by atoms with Crippen LogP contribution in [0.15, 0.2) is 17.4 Å². The zero-order valence-corrected chi connectivity index (χ0v) is 23.6. The van der Waals surface area contributed by atoms with Gasteiger partial charge in [0.1, 0.15) is 12.7 Å². The van der Waals surface area contributed by atoms with Crippen LogP contribution in [0.2, 0.25) is 0 Å². The van der Waals surface area contributed by atoms with Crippen molar-refractivity contribution in [2.75, 3.05) is 6.61 Å². The second-order valence-electron chi connectivity index (χ2n) is 10.6. The third-order valence-corrected chi connectivity index (χ3v) is 6.32. The molecule has 0 aromatic rings. The second kappa shape index (κ2) is 12.9. The molecule has 0 radical (unpaired) electrons. The molecule has 0 aromatic heterocycles. The smallest absolute Gasteiger partial charge is 0.303 e. The Hall–Kier alpha value is -3.05. The Morgan fingerprint density at radius 3 is 1.92 bits per heavy atom. The van der Waals surface area contributed by atoms with Crippen molar-refractivity contribution in [3.05, 3.63) is 17.4 Å². The van der Waals surface area contributed by atoms with Crippen molar-refractivity contribution in [3.63, 3.8) is 0 Å². The lowest BCUT2D eigenvalue weighted by molar-refractivity contribution is -0.329. The third kappa shape index (κ3) is 8.72. The van der Waals surface area contributed by atoms with E-state index in [1.807, 2.05) is 13.8 Å². The highest BCUT2D eigenvalue weighted by molar-refractivity contribution is 5.87. The summed E-state index contributed by atoms with van der Waals surface area (Å²) >= 11 is 0. The Balaban J connectivity index is 2.65. The van der Waals surface area contributed by atoms with Crippen molar-refractivity contribution in [2.45, 2.75) is 111 Å². The highest BCUT2D eigenvalue weighted by Crippen LogP contribution is 2.48. The number of ketones is 1. The molecule has 2 aliphatic rings. The first-order valence-corrected chi connectivity index (χ1v) is 12.6. The summed E-state index contributed by atoms with van der Waals surface area (Å²) in [4.78, 5) is 59.5. The fourth-order valence-electron chi connectivity index (χ4n) is 5.20. The first kappa shape index (κ1) is 32.2. The SMILES string of the molecule is CC(=O)C=C=C1C(C)(C)CC(O)CC1(C)OC1OC(COC(C)=O)C(OC(C)=O)C(OC(C)=O)C1OC(C)=O. The van der Waals surface area contributed by atoms with Crippen LogP contribution in [-0.4, -0.2) is 83.8 Å². The van der Waals surface area contributed by atoms with Gasteiger partial charge in [0.2, 0.25) is 0 Å². The molecule has 7 atom stereocenters.